The molecule has 0 fully saturated rings. The van der Waals surface area contributed by atoms with Crippen LogP contribution < -0.4 is 0 Å². The van der Waals surface area contributed by atoms with Gasteiger partial charge in [0.15, 0.2) is 0 Å². The highest BCUT2D eigenvalue weighted by atomic mass is 14.1. The number of fused-ring (bicyclic) bond motifs is 1. The highest BCUT2D eigenvalue weighted by Crippen LogP contribution is 2.29. The third-order valence-electron chi connectivity index (χ3n) is 3.23. The maximum Gasteiger partial charge on any atom is -0.0117 e. The summed E-state index contributed by atoms with van der Waals surface area (Å²) in [5, 5.41) is 2.82. The van der Waals surface area contributed by atoms with Crippen molar-refractivity contribution >= 4 is 10.8 Å². The van der Waals surface area contributed by atoms with Crippen LogP contribution in [0, 0.1) is 13.8 Å². The third-order valence-corrected chi connectivity index (χ3v) is 3.23. The fourth-order valence-electron chi connectivity index (χ4n) is 2.18. The monoisotopic (exact) mass is 198 g/mol. The van der Waals surface area contributed by atoms with Gasteiger partial charge in [0.2, 0.25) is 0 Å². The fourth-order valence-corrected chi connectivity index (χ4v) is 2.18. The van der Waals surface area contributed by atoms with Crippen molar-refractivity contribution in [1.82, 2.24) is 0 Å². The number of aryl methyl sites for hydroxylation is 2. The Bertz CT molecular complexity index is 493. The number of hydrogen-bond donors (Lipinski definition) is 0. The van der Waals surface area contributed by atoms with Crippen LogP contribution in [0.3, 0.4) is 0 Å². The van der Waals surface area contributed by atoms with Gasteiger partial charge < -0.3 is 0 Å². The zero-order valence-corrected chi connectivity index (χ0v) is 9.96. The lowest BCUT2D eigenvalue weighted by Crippen LogP contribution is -1.93. The molecule has 0 nitrogen and oxygen atoms in total. The summed E-state index contributed by atoms with van der Waals surface area (Å²) in [6.45, 7) is 8.93. The van der Waals surface area contributed by atoms with Crippen LogP contribution in [0.5, 0.6) is 0 Å². The lowest BCUT2D eigenvalue weighted by Gasteiger charge is -2.13. The van der Waals surface area contributed by atoms with Crippen LogP contribution in [0.2, 0.25) is 0 Å². The Morgan fingerprint density at radius 2 is 1.67 bits per heavy atom. The van der Waals surface area contributed by atoms with E-state index in [4.69, 9.17) is 0 Å². The minimum absolute atomic E-state index is 0.592. The molecule has 0 saturated heterocycles. The molecule has 0 aliphatic heterocycles. The maximum absolute atomic E-state index is 2.26. The van der Waals surface area contributed by atoms with E-state index in [1.807, 2.05) is 0 Å². The Hall–Kier alpha value is -1.30. The zero-order valence-electron chi connectivity index (χ0n) is 9.96. The predicted molar refractivity (Wildman–Crippen MR) is 67.5 cm³/mol. The molecule has 0 bridgehead atoms. The first-order chi connectivity index (χ1) is 7.11. The zero-order chi connectivity index (χ0) is 11.0. The maximum atomic E-state index is 2.26. The highest BCUT2D eigenvalue weighted by molar-refractivity contribution is 5.90. The van der Waals surface area contributed by atoms with E-state index in [9.17, 15) is 0 Å². The van der Waals surface area contributed by atoms with Crippen molar-refractivity contribution in [2.75, 3.05) is 0 Å². The average molecular weight is 198 g/mol. The van der Waals surface area contributed by atoms with Crippen LogP contribution >= 0.6 is 0 Å². The fraction of sp³-hybridized carbons (Fsp3) is 0.333. The van der Waals surface area contributed by atoms with Crippen molar-refractivity contribution in [2.45, 2.75) is 33.6 Å². The lowest BCUT2D eigenvalue weighted by atomic mass is 9.91. The molecular formula is C15H18. The van der Waals surface area contributed by atoms with Crippen LogP contribution in [0.4, 0.5) is 0 Å². The second-order valence-corrected chi connectivity index (χ2v) is 4.61. The van der Waals surface area contributed by atoms with Gasteiger partial charge in [-0.25, -0.2) is 0 Å². The Labute approximate surface area is 91.9 Å². The van der Waals surface area contributed by atoms with Crippen LogP contribution in [0.15, 0.2) is 30.3 Å². The minimum Gasteiger partial charge on any atom is -0.0613 e. The van der Waals surface area contributed by atoms with Crippen LogP contribution in [0.25, 0.3) is 10.8 Å². The molecule has 0 spiro atoms. The Morgan fingerprint density at radius 3 is 2.33 bits per heavy atom. The number of rotatable bonds is 1. The Balaban J connectivity index is 2.88. The van der Waals surface area contributed by atoms with E-state index >= 15 is 0 Å². The minimum atomic E-state index is 0.592. The van der Waals surface area contributed by atoms with E-state index in [0.29, 0.717) is 5.92 Å². The van der Waals surface area contributed by atoms with Crippen molar-refractivity contribution in [2.24, 2.45) is 0 Å². The highest BCUT2D eigenvalue weighted by Gasteiger charge is 2.07. The van der Waals surface area contributed by atoms with E-state index in [1.54, 1.807) is 0 Å². The SMILES string of the molecule is Cc1ccc2cccc(C(C)C)c2c1C. The van der Waals surface area contributed by atoms with Gasteiger partial charge >= 0.3 is 0 Å². The second-order valence-electron chi connectivity index (χ2n) is 4.61. The molecule has 2 rings (SSSR count). The number of benzene rings is 2. The van der Waals surface area contributed by atoms with Crippen molar-refractivity contribution in [3.63, 3.8) is 0 Å². The summed E-state index contributed by atoms with van der Waals surface area (Å²) < 4.78 is 0. The second kappa shape index (κ2) is 3.69. The summed E-state index contributed by atoms with van der Waals surface area (Å²) in [5.41, 5.74) is 4.28. The quantitative estimate of drug-likeness (QED) is 0.629. The molecule has 0 atom stereocenters. The first-order valence-corrected chi connectivity index (χ1v) is 5.60. The molecule has 0 aromatic heterocycles. The van der Waals surface area contributed by atoms with Crippen LogP contribution in [-0.2, 0) is 0 Å². The summed E-state index contributed by atoms with van der Waals surface area (Å²) in [7, 11) is 0. The van der Waals surface area contributed by atoms with Gasteiger partial charge in [-0.15, -0.1) is 0 Å². The predicted octanol–water partition coefficient (Wildman–Crippen LogP) is 4.58. The molecule has 0 heterocycles. The van der Waals surface area contributed by atoms with E-state index < -0.39 is 0 Å². The van der Waals surface area contributed by atoms with E-state index in [0.717, 1.165) is 0 Å². The molecule has 0 N–H and O–H groups in total. The van der Waals surface area contributed by atoms with Crippen LogP contribution in [0.1, 0.15) is 36.5 Å². The van der Waals surface area contributed by atoms with Crippen molar-refractivity contribution in [3.8, 4) is 0 Å². The van der Waals surface area contributed by atoms with Crippen molar-refractivity contribution < 1.29 is 0 Å². The number of hydrogen-bond acceptors (Lipinski definition) is 0. The molecule has 2 aromatic rings. The Kier molecular flexibility index (Phi) is 2.52. The van der Waals surface area contributed by atoms with Gasteiger partial charge in [0.05, 0.1) is 0 Å². The molecule has 0 amide bonds. The molecule has 0 unspecified atom stereocenters. The van der Waals surface area contributed by atoms with Gasteiger partial charge in [0, 0.05) is 0 Å². The molecule has 78 valence electrons. The standard InChI is InChI=1S/C15H18/c1-10(2)14-7-5-6-13-9-8-11(3)12(4)15(13)14/h5-10H,1-4H3. The summed E-state index contributed by atoms with van der Waals surface area (Å²) >= 11 is 0. The molecular weight excluding hydrogens is 180 g/mol. The van der Waals surface area contributed by atoms with Gasteiger partial charge in [0.1, 0.15) is 0 Å². The smallest absolute Gasteiger partial charge is 0.0117 e. The first-order valence-electron chi connectivity index (χ1n) is 5.60. The third kappa shape index (κ3) is 1.65. The Morgan fingerprint density at radius 1 is 0.933 bits per heavy atom. The molecule has 0 aliphatic carbocycles. The topological polar surface area (TPSA) is 0 Å². The molecule has 0 heteroatoms. The molecule has 15 heavy (non-hydrogen) atoms. The van der Waals surface area contributed by atoms with Crippen LogP contribution in [-0.4, -0.2) is 0 Å². The molecule has 2 aromatic carbocycles. The molecule has 0 aliphatic rings. The normalized spacial score (nSPS) is 11.3. The van der Waals surface area contributed by atoms with E-state index in [-0.39, 0.29) is 0 Å². The van der Waals surface area contributed by atoms with Gasteiger partial charge in [-0.3, -0.25) is 0 Å². The molecule has 0 saturated carbocycles. The summed E-state index contributed by atoms with van der Waals surface area (Å²) in [5.74, 6) is 0.592. The van der Waals surface area contributed by atoms with E-state index in [2.05, 4.69) is 58.0 Å². The van der Waals surface area contributed by atoms with Gasteiger partial charge in [-0.05, 0) is 47.2 Å². The first kappa shape index (κ1) is 10.2. The lowest BCUT2D eigenvalue weighted by molar-refractivity contribution is 0.875. The van der Waals surface area contributed by atoms with E-state index in [1.165, 1.54) is 27.5 Å². The van der Waals surface area contributed by atoms with Crippen molar-refractivity contribution in [1.29, 1.82) is 0 Å². The van der Waals surface area contributed by atoms with Crippen molar-refractivity contribution in [3.05, 3.63) is 47.0 Å². The summed E-state index contributed by atoms with van der Waals surface area (Å²) in [6, 6.07) is 11.0. The van der Waals surface area contributed by atoms with Gasteiger partial charge in [-0.2, -0.15) is 0 Å². The summed E-state index contributed by atoms with van der Waals surface area (Å²) in [6.07, 6.45) is 0. The largest absolute Gasteiger partial charge is 0.0613 e. The average Bonchev–Trinajstić information content (AvgIpc) is 2.23. The summed E-state index contributed by atoms with van der Waals surface area (Å²) in [4.78, 5) is 0. The van der Waals surface area contributed by atoms with Gasteiger partial charge in [-0.1, -0.05) is 44.2 Å². The van der Waals surface area contributed by atoms with Gasteiger partial charge in [0.25, 0.3) is 0 Å². The molecule has 0 radical (unpaired) electrons.